The fraction of sp³-hybridized carbons (Fsp3) is 0.167. The Kier molecular flexibility index (Phi) is 12.9. The van der Waals surface area contributed by atoms with Crippen LogP contribution < -0.4 is 15.5 Å². The molecule has 0 saturated heterocycles. The monoisotopic (exact) mass is 850 g/mol. The molecule has 2 aliphatic rings. The lowest BCUT2D eigenvalue weighted by molar-refractivity contribution is 0.0966. The molecule has 8 rings (SSSR count). The highest BCUT2D eigenvalue weighted by Crippen LogP contribution is 2.34. The smallest absolute Gasteiger partial charge is 0.279 e. The van der Waals surface area contributed by atoms with Crippen molar-refractivity contribution >= 4 is 63.8 Å². The number of halogens is 5. The van der Waals surface area contributed by atoms with Crippen molar-refractivity contribution in [2.75, 3.05) is 28.6 Å². The fourth-order valence-corrected chi connectivity index (χ4v) is 7.24. The van der Waals surface area contributed by atoms with E-state index in [2.05, 4.69) is 22.3 Å². The minimum Gasteiger partial charge on any atom is -0.384 e. The number of rotatable bonds is 6. The number of fused-ring (bicyclic) bond motifs is 2. The first-order valence-corrected chi connectivity index (χ1v) is 18.9. The second-order valence-electron chi connectivity index (χ2n) is 13.1. The zero-order chi connectivity index (χ0) is 42.4. The average molecular weight is 852 g/mol. The topological polar surface area (TPSA) is 174 Å². The number of nitrogens with two attached hydrogens (primary N) is 1. The molecule has 17 heteroatoms. The molecule has 2 aromatic heterocycles. The molecule has 0 saturated carbocycles. The van der Waals surface area contributed by atoms with Crippen molar-refractivity contribution in [3.05, 3.63) is 157 Å². The molecule has 0 atom stereocenters. The summed E-state index contributed by atoms with van der Waals surface area (Å²) in [6.45, 7) is 2.63. The molecular formula is C42H31Cl3F2N10O2. The van der Waals surface area contributed by atoms with Gasteiger partial charge in [0.25, 0.3) is 11.8 Å². The Morgan fingerprint density at radius 3 is 1.59 bits per heavy atom. The number of hydrogen-bond acceptors (Lipinski definition) is 8. The third-order valence-electron chi connectivity index (χ3n) is 9.36. The zero-order valence-corrected chi connectivity index (χ0v) is 33.4. The van der Waals surface area contributed by atoms with Crippen molar-refractivity contribution in [2.24, 2.45) is 0 Å². The SMILES string of the molecule is CC#N.N#Cc1cccc(Cn2nc3c(c2Cl)CCN(c2cccc(Cl)c2F)C3=O)c1.N#Cc1cccc(Cn2nc3c(c2N)CCN(c2cccc(Cl)c2F)C3=O)c1. The lowest BCUT2D eigenvalue weighted by Crippen LogP contribution is -2.38. The maximum Gasteiger partial charge on any atom is 0.279 e. The van der Waals surface area contributed by atoms with E-state index in [-0.39, 0.29) is 45.9 Å². The van der Waals surface area contributed by atoms with Gasteiger partial charge in [0.15, 0.2) is 23.0 Å². The van der Waals surface area contributed by atoms with Crippen molar-refractivity contribution in [1.82, 2.24) is 19.6 Å². The predicted octanol–water partition coefficient (Wildman–Crippen LogP) is 8.36. The van der Waals surface area contributed by atoms with Crippen LogP contribution in [0, 0.1) is 45.6 Å². The summed E-state index contributed by atoms with van der Waals surface area (Å²) in [4.78, 5) is 28.5. The van der Waals surface area contributed by atoms with Crippen molar-refractivity contribution in [3.8, 4) is 18.2 Å². The van der Waals surface area contributed by atoms with Gasteiger partial charge in [-0.05, 0) is 72.5 Å². The minimum atomic E-state index is -0.639. The Morgan fingerprint density at radius 2 is 1.10 bits per heavy atom. The molecule has 0 bridgehead atoms. The maximum atomic E-state index is 14.4. The number of carbonyl (C=O) groups is 2. The van der Waals surface area contributed by atoms with E-state index >= 15 is 0 Å². The van der Waals surface area contributed by atoms with Gasteiger partial charge in [0.05, 0.1) is 63.8 Å². The van der Waals surface area contributed by atoms with E-state index < -0.39 is 23.4 Å². The minimum absolute atomic E-state index is 0.0430. The molecule has 2 N–H and O–H groups in total. The Hall–Kier alpha value is -6.76. The summed E-state index contributed by atoms with van der Waals surface area (Å²) in [7, 11) is 0. The van der Waals surface area contributed by atoms with Gasteiger partial charge < -0.3 is 15.5 Å². The number of carbonyl (C=O) groups excluding carboxylic acids is 2. The van der Waals surface area contributed by atoms with Gasteiger partial charge in [-0.25, -0.2) is 18.1 Å². The first kappa shape index (κ1) is 41.9. The van der Waals surface area contributed by atoms with E-state index in [1.54, 1.807) is 54.6 Å². The number of nitrogen functional groups attached to an aromatic ring is 1. The summed E-state index contributed by atoms with van der Waals surface area (Å²) in [6, 6.07) is 29.2. The van der Waals surface area contributed by atoms with Crippen LogP contribution in [-0.4, -0.2) is 44.5 Å². The summed E-state index contributed by atoms with van der Waals surface area (Å²) in [5.74, 6) is -1.72. The molecular weight excluding hydrogens is 821 g/mol. The van der Waals surface area contributed by atoms with Crippen molar-refractivity contribution in [2.45, 2.75) is 32.9 Å². The van der Waals surface area contributed by atoms with Crippen LogP contribution in [0.2, 0.25) is 15.2 Å². The van der Waals surface area contributed by atoms with Crippen LogP contribution in [0.1, 0.15) is 61.3 Å². The first-order chi connectivity index (χ1) is 28.4. The Labute approximate surface area is 352 Å². The lowest BCUT2D eigenvalue weighted by atomic mass is 10.1. The molecule has 59 heavy (non-hydrogen) atoms. The highest BCUT2D eigenvalue weighted by molar-refractivity contribution is 6.32. The van der Waals surface area contributed by atoms with E-state index in [4.69, 9.17) is 56.3 Å². The molecule has 0 fully saturated rings. The lowest BCUT2D eigenvalue weighted by Gasteiger charge is -2.26. The van der Waals surface area contributed by atoms with Crippen LogP contribution >= 0.6 is 34.8 Å². The Bertz CT molecular complexity index is 2550. The number of hydrogen-bond donors (Lipinski definition) is 1. The molecule has 0 radical (unpaired) electrons. The van der Waals surface area contributed by atoms with Gasteiger partial charge >= 0.3 is 0 Å². The molecule has 4 heterocycles. The van der Waals surface area contributed by atoms with E-state index in [0.29, 0.717) is 59.2 Å². The molecule has 0 unspecified atom stereocenters. The van der Waals surface area contributed by atoms with Gasteiger partial charge in [0, 0.05) is 31.1 Å². The molecule has 6 aromatic rings. The highest BCUT2D eigenvalue weighted by Gasteiger charge is 2.34. The summed E-state index contributed by atoms with van der Waals surface area (Å²) in [5.41, 5.74) is 10.9. The predicted molar refractivity (Wildman–Crippen MR) is 219 cm³/mol. The molecule has 12 nitrogen and oxygen atoms in total. The van der Waals surface area contributed by atoms with Gasteiger partial charge in [-0.15, -0.1) is 0 Å². The third kappa shape index (κ3) is 8.74. The Balaban J connectivity index is 0.000000186. The fourth-order valence-electron chi connectivity index (χ4n) is 6.62. The number of anilines is 3. The van der Waals surface area contributed by atoms with Crippen LogP contribution in [-0.2, 0) is 25.9 Å². The quantitative estimate of drug-likeness (QED) is 0.174. The molecule has 0 spiro atoms. The molecule has 296 valence electrons. The van der Waals surface area contributed by atoms with Crippen LogP contribution in [0.25, 0.3) is 0 Å². The normalized spacial score (nSPS) is 12.8. The van der Waals surface area contributed by atoms with Crippen LogP contribution in [0.5, 0.6) is 0 Å². The van der Waals surface area contributed by atoms with Crippen molar-refractivity contribution in [1.29, 1.82) is 15.8 Å². The summed E-state index contributed by atoms with van der Waals surface area (Å²) >= 11 is 18.1. The number of aromatic nitrogens is 4. The summed E-state index contributed by atoms with van der Waals surface area (Å²) in [6.07, 6.45) is 0.904. The standard InChI is InChI=1S/C20H13Cl2FN4O.C20H15ClFN5O.C2H3N/c21-15-5-2-6-16(17(15)23)26-8-7-14-18(20(26)28)25-27(19(14)22)11-13-4-1-3-12(9-13)10-24;21-15-5-2-6-16(17(15)22)26-8-7-14-18(20(26)28)25-27(19(14)24)11-13-4-1-3-12(9-13)10-23;1-2-3/h1-6,9H,7-8,11H2;1-6,9H,7-8,11,24H2;1H3. The van der Waals surface area contributed by atoms with Crippen LogP contribution in [0.3, 0.4) is 0 Å². The van der Waals surface area contributed by atoms with E-state index in [1.807, 2.05) is 12.1 Å². The third-order valence-corrected chi connectivity index (χ3v) is 10.4. The molecule has 4 aromatic carbocycles. The second-order valence-corrected chi connectivity index (χ2v) is 14.2. The molecule has 2 amide bonds. The largest absolute Gasteiger partial charge is 0.384 e. The molecule has 2 aliphatic heterocycles. The highest BCUT2D eigenvalue weighted by atomic mass is 35.5. The van der Waals surface area contributed by atoms with Crippen molar-refractivity contribution in [3.63, 3.8) is 0 Å². The van der Waals surface area contributed by atoms with E-state index in [0.717, 1.165) is 11.1 Å². The zero-order valence-electron chi connectivity index (χ0n) is 31.1. The van der Waals surface area contributed by atoms with Crippen LogP contribution in [0.15, 0.2) is 84.9 Å². The van der Waals surface area contributed by atoms with E-state index in [1.165, 1.54) is 50.4 Å². The number of amides is 2. The van der Waals surface area contributed by atoms with Gasteiger partial charge in [0.2, 0.25) is 0 Å². The van der Waals surface area contributed by atoms with Crippen LogP contribution in [0.4, 0.5) is 26.0 Å². The number of nitriles is 3. The maximum absolute atomic E-state index is 14.4. The molecule has 0 aliphatic carbocycles. The van der Waals surface area contributed by atoms with Gasteiger partial charge in [0.1, 0.15) is 11.0 Å². The second kappa shape index (κ2) is 18.2. The van der Waals surface area contributed by atoms with Gasteiger partial charge in [-0.1, -0.05) is 71.2 Å². The van der Waals surface area contributed by atoms with Gasteiger partial charge in [-0.3, -0.25) is 9.59 Å². The number of nitrogens with zero attached hydrogens (tertiary/aromatic N) is 9. The number of benzene rings is 4. The summed E-state index contributed by atoms with van der Waals surface area (Å²) in [5, 5.41) is 34.4. The van der Waals surface area contributed by atoms with E-state index in [9.17, 15) is 18.4 Å². The van der Waals surface area contributed by atoms with Crippen molar-refractivity contribution < 1.29 is 18.4 Å². The summed E-state index contributed by atoms with van der Waals surface area (Å²) < 4.78 is 31.8. The van der Waals surface area contributed by atoms with Gasteiger partial charge in [-0.2, -0.15) is 26.0 Å². The average Bonchev–Trinajstić information content (AvgIpc) is 3.73. The Morgan fingerprint density at radius 1 is 0.678 bits per heavy atom. The first-order valence-electron chi connectivity index (χ1n) is 17.8.